The van der Waals surface area contributed by atoms with Crippen LogP contribution in [0.15, 0.2) is 77.7 Å². The summed E-state index contributed by atoms with van der Waals surface area (Å²) in [7, 11) is -2.02. The summed E-state index contributed by atoms with van der Waals surface area (Å²) in [6.45, 7) is 0.691. The standard InChI is InChI=1S/C26H23FN2O5S/c1-33-23-13-10-20(16-22(23)27)24-25(19-8-11-21(12-9-19)35(2,31)32)28-29(26(24)34-17-30)15-14-18-6-4-3-5-7-18/h3-13,16-17H,14-15H2,1-2H3. The summed E-state index contributed by atoms with van der Waals surface area (Å²) < 4.78 is 50.4. The third kappa shape index (κ3) is 5.25. The molecule has 0 radical (unpaired) electrons. The van der Waals surface area contributed by atoms with Gasteiger partial charge in [0.1, 0.15) is 5.69 Å². The second-order valence-corrected chi connectivity index (χ2v) is 9.86. The molecule has 4 aromatic rings. The fraction of sp³-hybridized carbons (Fsp3) is 0.154. The molecular formula is C26H23FN2O5S. The third-order valence-corrected chi connectivity index (χ3v) is 6.65. The smallest absolute Gasteiger partial charge is 0.299 e. The molecule has 0 fully saturated rings. The van der Waals surface area contributed by atoms with Crippen LogP contribution in [-0.2, 0) is 27.6 Å². The Morgan fingerprint density at radius 1 is 1.00 bits per heavy atom. The van der Waals surface area contributed by atoms with Gasteiger partial charge in [-0.25, -0.2) is 17.5 Å². The number of rotatable bonds is 9. The zero-order chi connectivity index (χ0) is 25.0. The second kappa shape index (κ2) is 10.1. The summed E-state index contributed by atoms with van der Waals surface area (Å²) in [5.74, 6) is -0.359. The van der Waals surface area contributed by atoms with Crippen molar-refractivity contribution in [1.82, 2.24) is 9.78 Å². The Labute approximate surface area is 202 Å². The van der Waals surface area contributed by atoms with E-state index in [1.54, 1.807) is 22.9 Å². The van der Waals surface area contributed by atoms with Crippen molar-refractivity contribution in [3.05, 3.63) is 84.2 Å². The molecule has 0 aliphatic heterocycles. The van der Waals surface area contributed by atoms with Crippen molar-refractivity contribution in [2.24, 2.45) is 0 Å². The van der Waals surface area contributed by atoms with Crippen LogP contribution in [0, 0.1) is 5.82 Å². The number of hydrogen-bond acceptors (Lipinski definition) is 6. The van der Waals surface area contributed by atoms with Gasteiger partial charge < -0.3 is 9.47 Å². The van der Waals surface area contributed by atoms with Gasteiger partial charge in [-0.05, 0) is 41.8 Å². The Morgan fingerprint density at radius 2 is 1.69 bits per heavy atom. The summed E-state index contributed by atoms with van der Waals surface area (Å²) in [6, 6.07) is 20.4. The maximum Gasteiger partial charge on any atom is 0.299 e. The zero-order valence-corrected chi connectivity index (χ0v) is 20.0. The minimum Gasteiger partial charge on any atom is -0.494 e. The van der Waals surface area contributed by atoms with Gasteiger partial charge in [-0.15, -0.1) is 0 Å². The van der Waals surface area contributed by atoms with E-state index in [-0.39, 0.29) is 16.5 Å². The number of carbonyl (C=O) groups excluding carboxylic acids is 1. The first-order valence-corrected chi connectivity index (χ1v) is 12.6. The van der Waals surface area contributed by atoms with Crippen molar-refractivity contribution in [2.45, 2.75) is 17.9 Å². The normalized spacial score (nSPS) is 11.3. The van der Waals surface area contributed by atoms with Crippen LogP contribution in [-0.4, -0.2) is 38.0 Å². The highest BCUT2D eigenvalue weighted by Crippen LogP contribution is 2.40. The Hall–Kier alpha value is -3.98. The lowest BCUT2D eigenvalue weighted by Crippen LogP contribution is -2.07. The van der Waals surface area contributed by atoms with Crippen molar-refractivity contribution in [1.29, 1.82) is 0 Å². The lowest BCUT2D eigenvalue weighted by atomic mass is 10.0. The largest absolute Gasteiger partial charge is 0.494 e. The van der Waals surface area contributed by atoms with Crippen LogP contribution in [0.2, 0.25) is 0 Å². The van der Waals surface area contributed by atoms with Crippen molar-refractivity contribution in [3.63, 3.8) is 0 Å². The van der Waals surface area contributed by atoms with Gasteiger partial charge in [0.05, 0.1) is 17.6 Å². The van der Waals surface area contributed by atoms with Crippen LogP contribution < -0.4 is 9.47 Å². The van der Waals surface area contributed by atoms with Crippen LogP contribution in [0.25, 0.3) is 22.4 Å². The molecule has 7 nitrogen and oxygen atoms in total. The summed E-state index contributed by atoms with van der Waals surface area (Å²) >= 11 is 0. The van der Waals surface area contributed by atoms with Crippen molar-refractivity contribution < 1.29 is 27.1 Å². The van der Waals surface area contributed by atoms with E-state index in [2.05, 4.69) is 5.10 Å². The number of benzene rings is 3. The number of nitrogens with zero attached hydrogens (tertiary/aromatic N) is 2. The molecule has 0 atom stereocenters. The molecule has 0 saturated carbocycles. The quantitative estimate of drug-likeness (QED) is 0.318. The average molecular weight is 495 g/mol. The van der Waals surface area contributed by atoms with Crippen LogP contribution >= 0.6 is 0 Å². The highest BCUT2D eigenvalue weighted by Gasteiger charge is 2.24. The maximum absolute atomic E-state index is 14.6. The molecule has 35 heavy (non-hydrogen) atoms. The summed E-state index contributed by atoms with van der Waals surface area (Å²) in [4.78, 5) is 11.6. The van der Waals surface area contributed by atoms with Crippen LogP contribution in [0.4, 0.5) is 4.39 Å². The average Bonchev–Trinajstić information content (AvgIpc) is 3.21. The molecule has 1 aromatic heterocycles. The first-order chi connectivity index (χ1) is 16.8. The number of ether oxygens (including phenoxy) is 2. The summed E-state index contributed by atoms with van der Waals surface area (Å²) in [5, 5.41) is 4.68. The van der Waals surface area contributed by atoms with E-state index in [4.69, 9.17) is 9.47 Å². The van der Waals surface area contributed by atoms with E-state index in [1.165, 1.54) is 31.4 Å². The van der Waals surface area contributed by atoms with Crippen LogP contribution in [0.1, 0.15) is 5.56 Å². The predicted octanol–water partition coefficient (Wildman–Crippen LogP) is 4.55. The van der Waals surface area contributed by atoms with E-state index < -0.39 is 15.7 Å². The number of sulfone groups is 1. The Morgan fingerprint density at radius 3 is 2.29 bits per heavy atom. The molecule has 3 aromatic carbocycles. The van der Waals surface area contributed by atoms with Crippen molar-refractivity contribution in [3.8, 4) is 34.0 Å². The molecule has 0 saturated heterocycles. The Kier molecular flexibility index (Phi) is 6.97. The lowest BCUT2D eigenvalue weighted by molar-refractivity contribution is -0.121. The van der Waals surface area contributed by atoms with Crippen molar-refractivity contribution >= 4 is 16.3 Å². The first-order valence-electron chi connectivity index (χ1n) is 10.7. The van der Waals surface area contributed by atoms with Gasteiger partial charge in [-0.3, -0.25) is 4.79 Å². The summed E-state index contributed by atoms with van der Waals surface area (Å²) in [5.41, 5.74) is 2.89. The second-order valence-electron chi connectivity index (χ2n) is 7.85. The number of aromatic nitrogens is 2. The van der Waals surface area contributed by atoms with Gasteiger partial charge in [0.15, 0.2) is 21.4 Å². The molecule has 0 bridgehead atoms. The van der Waals surface area contributed by atoms with Crippen LogP contribution in [0.5, 0.6) is 11.6 Å². The maximum atomic E-state index is 14.6. The highest BCUT2D eigenvalue weighted by atomic mass is 32.2. The van der Waals surface area contributed by atoms with Gasteiger partial charge in [0, 0.05) is 18.4 Å². The van der Waals surface area contributed by atoms with E-state index >= 15 is 0 Å². The van der Waals surface area contributed by atoms with Gasteiger partial charge in [0.25, 0.3) is 6.47 Å². The molecule has 0 aliphatic carbocycles. The molecule has 180 valence electrons. The van der Waals surface area contributed by atoms with E-state index in [0.29, 0.717) is 41.8 Å². The van der Waals surface area contributed by atoms with Gasteiger partial charge in [-0.2, -0.15) is 5.10 Å². The van der Waals surface area contributed by atoms with Gasteiger partial charge in [0.2, 0.25) is 5.88 Å². The summed E-state index contributed by atoms with van der Waals surface area (Å²) in [6.07, 6.45) is 1.74. The molecule has 0 N–H and O–H groups in total. The molecule has 0 aliphatic rings. The van der Waals surface area contributed by atoms with Gasteiger partial charge in [-0.1, -0.05) is 48.5 Å². The van der Waals surface area contributed by atoms with Crippen LogP contribution in [0.3, 0.4) is 0 Å². The number of halogens is 1. The fourth-order valence-corrected chi connectivity index (χ4v) is 4.42. The predicted molar refractivity (Wildman–Crippen MR) is 130 cm³/mol. The van der Waals surface area contributed by atoms with E-state index in [9.17, 15) is 17.6 Å². The molecule has 0 spiro atoms. The van der Waals surface area contributed by atoms with E-state index in [1.807, 2.05) is 30.3 Å². The first kappa shape index (κ1) is 24.2. The number of hydrogen-bond donors (Lipinski definition) is 0. The third-order valence-electron chi connectivity index (χ3n) is 5.52. The monoisotopic (exact) mass is 494 g/mol. The number of methoxy groups -OCH3 is 1. The van der Waals surface area contributed by atoms with Crippen molar-refractivity contribution in [2.75, 3.05) is 13.4 Å². The Balaban J connectivity index is 1.87. The molecule has 1 heterocycles. The molecular weight excluding hydrogens is 471 g/mol. The zero-order valence-electron chi connectivity index (χ0n) is 19.1. The molecule has 9 heteroatoms. The SMILES string of the molecule is COc1ccc(-c2c(-c3ccc(S(C)(=O)=O)cc3)nn(CCc3ccccc3)c2OC=O)cc1F. The topological polar surface area (TPSA) is 87.5 Å². The molecule has 0 amide bonds. The Bertz CT molecular complexity index is 1450. The highest BCUT2D eigenvalue weighted by molar-refractivity contribution is 7.90. The lowest BCUT2D eigenvalue weighted by Gasteiger charge is -2.09. The molecule has 4 rings (SSSR count). The fourth-order valence-electron chi connectivity index (χ4n) is 3.79. The minimum atomic E-state index is -3.39. The minimum absolute atomic E-state index is 0.0714. The van der Waals surface area contributed by atoms with E-state index in [0.717, 1.165) is 11.8 Å². The van der Waals surface area contributed by atoms with Gasteiger partial charge >= 0.3 is 0 Å². The molecule has 0 unspecified atom stereocenters. The number of carbonyl (C=O) groups is 1. The number of aryl methyl sites for hydroxylation is 2.